The Morgan fingerprint density at radius 1 is 1.06 bits per heavy atom. The van der Waals surface area contributed by atoms with Crippen LogP contribution < -0.4 is 20.7 Å². The van der Waals surface area contributed by atoms with E-state index in [1.54, 1.807) is 6.07 Å². The molecule has 4 bridgehead atoms. The minimum Gasteiger partial charge on any atom is -0.469 e. The van der Waals surface area contributed by atoms with Crippen LogP contribution in [0.3, 0.4) is 0 Å². The first kappa shape index (κ1) is 36.2. The van der Waals surface area contributed by atoms with Crippen LogP contribution in [-0.4, -0.2) is 59.3 Å². The Morgan fingerprint density at radius 3 is 2.55 bits per heavy atom. The first-order valence-corrected chi connectivity index (χ1v) is 18.1. The van der Waals surface area contributed by atoms with E-state index in [1.165, 1.54) is 6.92 Å². The number of hydrogen-bond acceptors (Lipinski definition) is 11. The topological polar surface area (TPSA) is 178 Å². The summed E-state index contributed by atoms with van der Waals surface area (Å²) in [5.41, 5.74) is 2.19. The summed E-state index contributed by atoms with van der Waals surface area (Å²) >= 11 is 3.66. The number of aliphatic hydroxyl groups is 1. The summed E-state index contributed by atoms with van der Waals surface area (Å²) in [4.78, 5) is 59.1. The van der Waals surface area contributed by atoms with Gasteiger partial charge in [-0.05, 0) is 58.5 Å². The van der Waals surface area contributed by atoms with E-state index in [2.05, 4.69) is 31.9 Å². The van der Waals surface area contributed by atoms with Crippen LogP contribution in [0.4, 0.5) is 5.69 Å². The number of para-hydroxylation sites is 1. The Bertz CT molecular complexity index is 2080. The van der Waals surface area contributed by atoms with E-state index in [0.717, 1.165) is 28.3 Å². The minimum atomic E-state index is -1.42. The SMILES string of the molecule is COC(=O)[C@@H](NC(=O)c1nc2oc1C13c4cc(ccc4O[C@@H]1Nc1c(Br)cccc13)C[C@H](CC(=O)OCc1ccccc1)C(=O)N[C@H]2C(C)C)[C@@H](C)O. The molecule has 3 aliphatic heterocycles. The fourth-order valence-electron chi connectivity index (χ4n) is 7.32. The molecule has 0 radical (unpaired) electrons. The Morgan fingerprint density at radius 2 is 1.83 bits per heavy atom. The summed E-state index contributed by atoms with van der Waals surface area (Å²) in [5.74, 6) is -3.08. The van der Waals surface area contributed by atoms with Crippen molar-refractivity contribution < 1.29 is 42.9 Å². The molecule has 4 N–H and O–H groups in total. The van der Waals surface area contributed by atoms with E-state index in [0.29, 0.717) is 17.0 Å². The van der Waals surface area contributed by atoms with Gasteiger partial charge in [0.25, 0.3) is 5.91 Å². The van der Waals surface area contributed by atoms with Gasteiger partial charge in [-0.25, -0.2) is 9.78 Å². The second-order valence-corrected chi connectivity index (χ2v) is 14.7. The molecule has 1 unspecified atom stereocenters. The van der Waals surface area contributed by atoms with Gasteiger partial charge < -0.3 is 39.7 Å². The highest BCUT2D eigenvalue weighted by molar-refractivity contribution is 9.10. The van der Waals surface area contributed by atoms with E-state index < -0.39 is 59.5 Å². The number of nitrogens with zero attached hydrogens (tertiary/aromatic N) is 1. The number of oxazole rings is 1. The van der Waals surface area contributed by atoms with Crippen LogP contribution in [-0.2, 0) is 42.3 Å². The molecule has 276 valence electrons. The number of carbonyl (C=O) groups excluding carboxylic acids is 4. The van der Waals surface area contributed by atoms with Gasteiger partial charge in [0.2, 0.25) is 11.8 Å². The zero-order valence-corrected chi connectivity index (χ0v) is 31.1. The summed E-state index contributed by atoms with van der Waals surface area (Å²) in [6.07, 6.45) is -2.11. The summed E-state index contributed by atoms with van der Waals surface area (Å²) in [6, 6.07) is 18.2. The lowest BCUT2D eigenvalue weighted by atomic mass is 9.72. The van der Waals surface area contributed by atoms with Crippen molar-refractivity contribution in [3.8, 4) is 5.75 Å². The lowest BCUT2D eigenvalue weighted by Crippen LogP contribution is -2.49. The molecule has 14 heteroatoms. The maximum Gasteiger partial charge on any atom is 0.331 e. The number of benzene rings is 3. The Labute approximate surface area is 313 Å². The number of hydrogen-bond donors (Lipinski definition) is 4. The van der Waals surface area contributed by atoms with Crippen LogP contribution in [0.5, 0.6) is 5.75 Å². The van der Waals surface area contributed by atoms with E-state index in [-0.39, 0.29) is 42.7 Å². The number of methoxy groups -OCH3 is 1. The molecule has 0 aliphatic carbocycles. The van der Waals surface area contributed by atoms with Crippen molar-refractivity contribution >= 4 is 45.4 Å². The van der Waals surface area contributed by atoms with E-state index in [9.17, 15) is 24.3 Å². The Hall–Kier alpha value is -5.21. The molecule has 1 aromatic heterocycles. The normalized spacial score (nSPS) is 22.1. The van der Waals surface area contributed by atoms with Crippen LogP contribution in [0, 0.1) is 11.8 Å². The smallest absolute Gasteiger partial charge is 0.331 e. The molecule has 1 spiro atoms. The first-order valence-electron chi connectivity index (χ1n) is 17.4. The molecule has 53 heavy (non-hydrogen) atoms. The third-order valence-electron chi connectivity index (χ3n) is 10.0. The van der Waals surface area contributed by atoms with Gasteiger partial charge in [0, 0.05) is 15.6 Å². The van der Waals surface area contributed by atoms with Gasteiger partial charge in [-0.1, -0.05) is 68.4 Å². The number of nitrogens with one attached hydrogen (secondary N) is 3. The second-order valence-electron chi connectivity index (χ2n) is 13.9. The summed E-state index contributed by atoms with van der Waals surface area (Å²) in [7, 11) is 1.16. The first-order chi connectivity index (χ1) is 25.4. The van der Waals surface area contributed by atoms with Crippen LogP contribution in [0.15, 0.2) is 75.6 Å². The lowest BCUT2D eigenvalue weighted by molar-refractivity contribution is -0.148. The number of esters is 2. The highest BCUT2D eigenvalue weighted by atomic mass is 79.9. The molecule has 13 nitrogen and oxygen atoms in total. The standard InChI is InChI=1S/C39H39BrN4O9/c1-19(2)29-36-43-32(35(48)42-30(20(3)45)37(49)50-4)33(53-36)39-24-11-8-12-26(40)31(24)44-38(39)52-27-14-13-22(16-25(27)39)15-23(34(47)41-29)17-28(46)51-18-21-9-6-5-7-10-21/h5-14,16,19-20,23,29-30,38,44-45H,15,17-18H2,1-4H3,(H,41,47)(H,42,48)/t20-,23-,29+,30+,38+,39?/m1/s1. The van der Waals surface area contributed by atoms with Gasteiger partial charge in [0.05, 0.1) is 31.2 Å². The number of amides is 2. The summed E-state index contributed by atoms with van der Waals surface area (Å²) in [6.45, 7) is 5.17. The summed E-state index contributed by atoms with van der Waals surface area (Å²) in [5, 5.41) is 19.5. The molecule has 4 aromatic rings. The fraction of sp³-hybridized carbons (Fsp3) is 0.359. The monoisotopic (exact) mass is 786 g/mol. The molecule has 0 fully saturated rings. The predicted octanol–water partition coefficient (Wildman–Crippen LogP) is 4.69. The van der Waals surface area contributed by atoms with Crippen molar-refractivity contribution in [2.45, 2.75) is 70.1 Å². The van der Waals surface area contributed by atoms with Crippen LogP contribution in [0.2, 0.25) is 0 Å². The van der Waals surface area contributed by atoms with Gasteiger partial charge in [-0.2, -0.15) is 0 Å². The summed E-state index contributed by atoms with van der Waals surface area (Å²) < 4.78 is 24.5. The zero-order valence-electron chi connectivity index (χ0n) is 29.5. The molecular formula is C39H39BrN4O9. The molecule has 2 amide bonds. The minimum absolute atomic E-state index is 0.0346. The van der Waals surface area contributed by atoms with E-state index >= 15 is 0 Å². The molecule has 0 saturated heterocycles. The second kappa shape index (κ2) is 14.3. The highest BCUT2D eigenvalue weighted by Gasteiger charge is 2.61. The maximum atomic E-state index is 14.3. The number of halogens is 1. The fourth-order valence-corrected chi connectivity index (χ4v) is 7.80. The molecule has 7 rings (SSSR count). The van der Waals surface area contributed by atoms with E-state index in [4.69, 9.17) is 23.6 Å². The molecule has 3 aliphatic rings. The average Bonchev–Trinajstić information content (AvgIpc) is 3.81. The van der Waals surface area contributed by atoms with Gasteiger partial charge in [-0.3, -0.25) is 14.4 Å². The van der Waals surface area contributed by atoms with Crippen molar-refractivity contribution in [3.63, 3.8) is 0 Å². The Kier molecular flexibility index (Phi) is 9.77. The molecule has 0 saturated carbocycles. The predicted molar refractivity (Wildman–Crippen MR) is 194 cm³/mol. The van der Waals surface area contributed by atoms with Crippen LogP contribution >= 0.6 is 15.9 Å². The number of ether oxygens (including phenoxy) is 3. The zero-order chi connectivity index (χ0) is 37.6. The third-order valence-corrected chi connectivity index (χ3v) is 10.7. The number of anilines is 1. The maximum absolute atomic E-state index is 14.3. The molecule has 6 atom stereocenters. The van der Waals surface area contributed by atoms with Crippen molar-refractivity contribution in [1.82, 2.24) is 15.6 Å². The molecule has 4 heterocycles. The van der Waals surface area contributed by atoms with Gasteiger partial charge in [0.1, 0.15) is 23.8 Å². The number of aromatic nitrogens is 1. The number of rotatable bonds is 9. The van der Waals surface area contributed by atoms with Gasteiger partial charge in [-0.15, -0.1) is 0 Å². The largest absolute Gasteiger partial charge is 0.469 e. The van der Waals surface area contributed by atoms with Crippen LogP contribution in [0.25, 0.3) is 0 Å². The molecular weight excluding hydrogens is 748 g/mol. The lowest BCUT2D eigenvalue weighted by Gasteiger charge is -2.29. The van der Waals surface area contributed by atoms with Crippen molar-refractivity contribution in [2.24, 2.45) is 11.8 Å². The average molecular weight is 788 g/mol. The number of carbonyl (C=O) groups is 4. The van der Waals surface area contributed by atoms with Crippen molar-refractivity contribution in [3.05, 3.63) is 111 Å². The van der Waals surface area contributed by atoms with Gasteiger partial charge in [0.15, 0.2) is 23.7 Å². The van der Waals surface area contributed by atoms with Gasteiger partial charge >= 0.3 is 11.9 Å². The quantitative estimate of drug-likeness (QED) is 0.173. The van der Waals surface area contributed by atoms with Crippen molar-refractivity contribution in [2.75, 3.05) is 12.4 Å². The number of aliphatic hydroxyl groups excluding tert-OH is 1. The molecule has 3 aromatic carbocycles. The third kappa shape index (κ3) is 6.43. The van der Waals surface area contributed by atoms with Crippen LogP contribution in [0.1, 0.15) is 77.6 Å². The number of fused-ring (bicyclic) bond motifs is 4. The van der Waals surface area contributed by atoms with Crippen molar-refractivity contribution in [1.29, 1.82) is 0 Å². The van der Waals surface area contributed by atoms with E-state index in [1.807, 2.05) is 74.5 Å². The Balaban J connectivity index is 1.38. The highest BCUT2D eigenvalue weighted by Crippen LogP contribution is 2.59.